The van der Waals surface area contributed by atoms with Crippen LogP contribution < -0.4 is 10.6 Å². The van der Waals surface area contributed by atoms with Gasteiger partial charge in [-0.1, -0.05) is 30.7 Å². The van der Waals surface area contributed by atoms with Crippen molar-refractivity contribution in [1.29, 1.82) is 0 Å². The van der Waals surface area contributed by atoms with E-state index < -0.39 is 15.9 Å². The van der Waals surface area contributed by atoms with Crippen molar-refractivity contribution in [3.63, 3.8) is 0 Å². The van der Waals surface area contributed by atoms with Gasteiger partial charge in [-0.2, -0.15) is 0 Å². The van der Waals surface area contributed by atoms with Gasteiger partial charge in [0, 0.05) is 19.2 Å². The Morgan fingerprint density at radius 2 is 1.83 bits per heavy atom. The fourth-order valence-corrected chi connectivity index (χ4v) is 4.37. The minimum absolute atomic E-state index is 0.0923. The Morgan fingerprint density at radius 1 is 1.10 bits per heavy atom. The van der Waals surface area contributed by atoms with Gasteiger partial charge in [-0.25, -0.2) is 13.4 Å². The molecule has 1 aliphatic heterocycles. The van der Waals surface area contributed by atoms with Gasteiger partial charge >= 0.3 is 0 Å². The van der Waals surface area contributed by atoms with Crippen LogP contribution in [0.3, 0.4) is 0 Å². The molecule has 10 heteroatoms. The number of fused-ring (bicyclic) bond motifs is 1. The Bertz CT molecular complexity index is 1130. The van der Waals surface area contributed by atoms with Gasteiger partial charge in [0.05, 0.1) is 22.8 Å². The summed E-state index contributed by atoms with van der Waals surface area (Å²) in [6.45, 7) is 1.90. The number of nitrogens with one attached hydrogen (secondary N) is 2. The fourth-order valence-electron chi connectivity index (χ4n) is 2.90. The lowest BCUT2D eigenvalue weighted by Crippen LogP contribution is -2.37. The van der Waals surface area contributed by atoms with Crippen LogP contribution in [-0.4, -0.2) is 37.4 Å². The van der Waals surface area contributed by atoms with Crippen molar-refractivity contribution in [3.8, 4) is 0 Å². The van der Waals surface area contributed by atoms with Crippen LogP contribution in [0.15, 0.2) is 52.4 Å². The highest BCUT2D eigenvalue weighted by atomic mass is 35.5. The highest BCUT2D eigenvalue weighted by Gasteiger charge is 2.31. The number of carbonyl (C=O) groups is 2. The molecule has 30 heavy (non-hydrogen) atoms. The number of hydrogen-bond donors (Lipinski definition) is 2. The second kappa shape index (κ2) is 8.85. The summed E-state index contributed by atoms with van der Waals surface area (Å²) in [6, 6.07) is 11.1. The normalized spacial score (nSPS) is 14.5. The number of hydrogen-bond acceptors (Lipinski definition) is 5. The number of benzene rings is 2. The fraction of sp³-hybridized carbons (Fsp3) is 0.250. The predicted octanol–water partition coefficient (Wildman–Crippen LogP) is 3.77. The Hall–Kier alpha value is -2.91. The first kappa shape index (κ1) is 21.8. The first-order valence-corrected chi connectivity index (χ1v) is 11.1. The summed E-state index contributed by atoms with van der Waals surface area (Å²) in [5.41, 5.74) is 1.09. The molecule has 158 valence electrons. The van der Waals surface area contributed by atoms with Gasteiger partial charge in [0.25, 0.3) is 10.0 Å². The van der Waals surface area contributed by atoms with Gasteiger partial charge in [0.1, 0.15) is 10.7 Å². The molecule has 2 aromatic rings. The van der Waals surface area contributed by atoms with E-state index in [-0.39, 0.29) is 33.8 Å². The number of anilines is 2. The maximum atomic E-state index is 12.7. The van der Waals surface area contributed by atoms with E-state index in [0.717, 1.165) is 4.31 Å². The number of para-hydroxylation sites is 1. The third kappa shape index (κ3) is 4.63. The number of amidine groups is 1. The number of rotatable bonds is 6. The molecule has 0 fully saturated rings. The zero-order valence-corrected chi connectivity index (χ0v) is 18.0. The first-order chi connectivity index (χ1) is 14.2. The molecular formula is C20H21ClN4O4S. The lowest BCUT2D eigenvalue weighted by atomic mass is 10.2. The molecule has 3 rings (SSSR count). The Labute approximate surface area is 180 Å². The summed E-state index contributed by atoms with van der Waals surface area (Å²) in [7, 11) is -2.42. The summed E-state index contributed by atoms with van der Waals surface area (Å²) >= 11 is 6.16. The smallest absolute Gasteiger partial charge is 0.267 e. The van der Waals surface area contributed by atoms with Gasteiger partial charge in [0.2, 0.25) is 11.8 Å². The van der Waals surface area contributed by atoms with Crippen LogP contribution in [-0.2, 0) is 19.6 Å². The number of aliphatic imine (C=N–C) groups is 1. The van der Waals surface area contributed by atoms with Crippen LogP contribution >= 0.6 is 11.6 Å². The highest BCUT2D eigenvalue weighted by Crippen LogP contribution is 2.32. The van der Waals surface area contributed by atoms with Crippen molar-refractivity contribution in [2.24, 2.45) is 4.99 Å². The molecule has 2 aromatic carbocycles. The average Bonchev–Trinajstić information content (AvgIpc) is 2.69. The van der Waals surface area contributed by atoms with Crippen molar-refractivity contribution < 1.29 is 18.0 Å². The van der Waals surface area contributed by atoms with Crippen molar-refractivity contribution in [2.75, 3.05) is 17.7 Å². The first-order valence-electron chi connectivity index (χ1n) is 9.27. The van der Waals surface area contributed by atoms with E-state index in [1.807, 2.05) is 6.92 Å². The van der Waals surface area contributed by atoms with Crippen molar-refractivity contribution in [1.82, 2.24) is 4.31 Å². The summed E-state index contributed by atoms with van der Waals surface area (Å²) in [5, 5.41) is 5.67. The standard InChI is InChI=1S/C20H21ClN4O4S/c1-3-6-19(26)22-13-9-10-14(21)16(11-13)24-20(27)12-18-23-15-7-4-5-8-17(15)30(28,29)25(18)2/h4-5,7-11H,3,6,12H2,1-2H3,(H,22,26)(H,24,27). The number of carbonyl (C=O) groups excluding carboxylic acids is 2. The van der Waals surface area contributed by atoms with E-state index in [9.17, 15) is 18.0 Å². The molecule has 0 unspecified atom stereocenters. The SMILES string of the molecule is CCCC(=O)Nc1ccc(Cl)c(NC(=O)CC2=Nc3ccccc3S(=O)(=O)N2C)c1. The second-order valence-electron chi connectivity index (χ2n) is 6.69. The van der Waals surface area contributed by atoms with Gasteiger partial charge in [-0.3, -0.25) is 13.9 Å². The monoisotopic (exact) mass is 448 g/mol. The largest absolute Gasteiger partial charge is 0.326 e. The molecule has 0 saturated carbocycles. The number of halogens is 1. The minimum Gasteiger partial charge on any atom is -0.326 e. The second-order valence-corrected chi connectivity index (χ2v) is 9.03. The topological polar surface area (TPSA) is 108 Å². The Morgan fingerprint density at radius 3 is 2.57 bits per heavy atom. The average molecular weight is 449 g/mol. The molecule has 0 atom stereocenters. The van der Waals surface area contributed by atoms with E-state index in [1.54, 1.807) is 36.4 Å². The van der Waals surface area contributed by atoms with Crippen LogP contribution in [0.5, 0.6) is 0 Å². The van der Waals surface area contributed by atoms with E-state index in [2.05, 4.69) is 15.6 Å². The lowest BCUT2D eigenvalue weighted by molar-refractivity contribution is -0.116. The molecule has 0 saturated heterocycles. The molecule has 2 amide bonds. The number of nitrogens with zero attached hydrogens (tertiary/aromatic N) is 2. The molecule has 0 aliphatic carbocycles. The predicted molar refractivity (Wildman–Crippen MR) is 117 cm³/mol. The molecule has 2 N–H and O–H groups in total. The zero-order chi connectivity index (χ0) is 21.9. The van der Waals surface area contributed by atoms with Gasteiger partial charge in [-0.15, -0.1) is 0 Å². The molecule has 0 aromatic heterocycles. The maximum absolute atomic E-state index is 12.7. The molecular weight excluding hydrogens is 428 g/mol. The third-order valence-corrected chi connectivity index (χ3v) is 6.60. The van der Waals surface area contributed by atoms with Crippen LogP contribution in [0.1, 0.15) is 26.2 Å². The van der Waals surface area contributed by atoms with Gasteiger partial charge < -0.3 is 10.6 Å². The quantitative estimate of drug-likeness (QED) is 0.701. The third-order valence-electron chi connectivity index (χ3n) is 4.44. The summed E-state index contributed by atoms with van der Waals surface area (Å²) < 4.78 is 26.3. The van der Waals surface area contributed by atoms with Crippen molar-refractivity contribution >= 4 is 56.3 Å². The molecule has 1 aliphatic rings. The summed E-state index contributed by atoms with van der Waals surface area (Å²) in [5.74, 6) is -0.539. The molecule has 0 spiro atoms. The molecule has 0 radical (unpaired) electrons. The number of sulfonamides is 1. The highest BCUT2D eigenvalue weighted by molar-refractivity contribution is 7.90. The van der Waals surface area contributed by atoms with Crippen LogP contribution in [0.25, 0.3) is 0 Å². The summed E-state index contributed by atoms with van der Waals surface area (Å²) in [4.78, 5) is 28.8. The summed E-state index contributed by atoms with van der Waals surface area (Å²) in [6.07, 6.45) is 0.823. The maximum Gasteiger partial charge on any atom is 0.267 e. The van der Waals surface area contributed by atoms with E-state index in [0.29, 0.717) is 24.2 Å². The van der Waals surface area contributed by atoms with Crippen molar-refractivity contribution in [3.05, 3.63) is 47.5 Å². The van der Waals surface area contributed by atoms with E-state index in [4.69, 9.17) is 11.6 Å². The zero-order valence-electron chi connectivity index (χ0n) is 16.5. The minimum atomic E-state index is -3.77. The molecule has 8 nitrogen and oxygen atoms in total. The number of amides is 2. The van der Waals surface area contributed by atoms with E-state index >= 15 is 0 Å². The van der Waals surface area contributed by atoms with Crippen molar-refractivity contribution in [2.45, 2.75) is 31.1 Å². The molecule has 0 bridgehead atoms. The van der Waals surface area contributed by atoms with Crippen LogP contribution in [0, 0.1) is 0 Å². The van der Waals surface area contributed by atoms with Crippen LogP contribution in [0.4, 0.5) is 17.1 Å². The Balaban J connectivity index is 1.78. The van der Waals surface area contributed by atoms with Gasteiger partial charge in [0.15, 0.2) is 0 Å². The lowest BCUT2D eigenvalue weighted by Gasteiger charge is -2.26. The van der Waals surface area contributed by atoms with E-state index in [1.165, 1.54) is 13.1 Å². The van der Waals surface area contributed by atoms with Gasteiger partial charge in [-0.05, 0) is 36.8 Å². The Kier molecular flexibility index (Phi) is 6.42. The molecule has 1 heterocycles. The van der Waals surface area contributed by atoms with Crippen LogP contribution in [0.2, 0.25) is 5.02 Å².